The lowest BCUT2D eigenvalue weighted by molar-refractivity contribution is 0.0785. The van der Waals surface area contributed by atoms with Gasteiger partial charge in [-0.1, -0.05) is 11.6 Å². The summed E-state index contributed by atoms with van der Waals surface area (Å²) in [6, 6.07) is 4.08. The van der Waals surface area contributed by atoms with E-state index in [0.29, 0.717) is 30.4 Å². The number of carbonyl (C=O) groups is 1. The Morgan fingerprint density at radius 2 is 2.41 bits per heavy atom. The molecule has 116 valence electrons. The maximum absolute atomic E-state index is 12.5. The SMILES string of the molecule is CCn1cc(Cl)c(C(=O)N2CCC(Nc3cccnc3)C2)n1. The molecule has 1 N–H and O–H groups in total. The fraction of sp³-hybridized carbons (Fsp3) is 0.400. The van der Waals surface area contributed by atoms with Crippen LogP contribution in [0.3, 0.4) is 0 Å². The van der Waals surface area contributed by atoms with Crippen LogP contribution < -0.4 is 5.32 Å². The van der Waals surface area contributed by atoms with E-state index < -0.39 is 0 Å². The van der Waals surface area contributed by atoms with Crippen molar-refractivity contribution in [3.8, 4) is 0 Å². The normalized spacial score (nSPS) is 17.7. The van der Waals surface area contributed by atoms with Gasteiger partial charge in [0.15, 0.2) is 5.69 Å². The Balaban J connectivity index is 1.64. The van der Waals surface area contributed by atoms with Gasteiger partial charge in [-0.25, -0.2) is 0 Å². The molecule has 22 heavy (non-hydrogen) atoms. The molecule has 1 fully saturated rings. The molecule has 1 unspecified atom stereocenters. The predicted molar refractivity (Wildman–Crippen MR) is 85.1 cm³/mol. The Morgan fingerprint density at radius 3 is 3.09 bits per heavy atom. The van der Waals surface area contributed by atoms with Gasteiger partial charge in [-0.3, -0.25) is 14.5 Å². The Morgan fingerprint density at radius 1 is 1.55 bits per heavy atom. The summed E-state index contributed by atoms with van der Waals surface area (Å²) in [7, 11) is 0. The van der Waals surface area contributed by atoms with Gasteiger partial charge in [0.25, 0.3) is 5.91 Å². The largest absolute Gasteiger partial charge is 0.379 e. The van der Waals surface area contributed by atoms with Gasteiger partial charge in [-0.05, 0) is 25.5 Å². The van der Waals surface area contributed by atoms with Gasteiger partial charge in [0.2, 0.25) is 0 Å². The summed E-state index contributed by atoms with van der Waals surface area (Å²) < 4.78 is 1.68. The van der Waals surface area contributed by atoms with E-state index in [9.17, 15) is 4.79 Å². The third-order valence-electron chi connectivity index (χ3n) is 3.75. The molecule has 3 heterocycles. The lowest BCUT2D eigenvalue weighted by atomic mass is 10.2. The van der Waals surface area contributed by atoms with Crippen LogP contribution >= 0.6 is 11.6 Å². The number of rotatable bonds is 4. The van der Waals surface area contributed by atoms with Crippen molar-refractivity contribution >= 4 is 23.2 Å². The van der Waals surface area contributed by atoms with Gasteiger partial charge in [0.1, 0.15) is 0 Å². The van der Waals surface area contributed by atoms with E-state index in [1.54, 1.807) is 28.2 Å². The molecule has 2 aromatic heterocycles. The molecule has 0 bridgehead atoms. The van der Waals surface area contributed by atoms with Crippen LogP contribution in [0.15, 0.2) is 30.7 Å². The molecule has 1 aliphatic rings. The maximum Gasteiger partial charge on any atom is 0.275 e. The molecule has 2 aromatic rings. The highest BCUT2D eigenvalue weighted by atomic mass is 35.5. The fourth-order valence-electron chi connectivity index (χ4n) is 2.60. The van der Waals surface area contributed by atoms with Crippen LogP contribution in [0.5, 0.6) is 0 Å². The van der Waals surface area contributed by atoms with Crippen LogP contribution in [0.4, 0.5) is 5.69 Å². The Kier molecular flexibility index (Phi) is 4.29. The van der Waals surface area contributed by atoms with E-state index in [1.165, 1.54) is 0 Å². The molecular formula is C15H18ClN5O. The molecule has 0 spiro atoms. The lowest BCUT2D eigenvalue weighted by Gasteiger charge is -2.16. The second-order valence-electron chi connectivity index (χ2n) is 5.30. The first-order valence-electron chi connectivity index (χ1n) is 7.36. The summed E-state index contributed by atoms with van der Waals surface area (Å²) in [5, 5.41) is 8.05. The number of hydrogen-bond donors (Lipinski definition) is 1. The highest BCUT2D eigenvalue weighted by Gasteiger charge is 2.29. The molecule has 0 aliphatic carbocycles. The van der Waals surface area contributed by atoms with Crippen molar-refractivity contribution in [1.29, 1.82) is 0 Å². The lowest BCUT2D eigenvalue weighted by Crippen LogP contribution is -2.32. The zero-order valence-corrected chi connectivity index (χ0v) is 13.1. The van der Waals surface area contributed by atoms with Crippen LogP contribution in [-0.2, 0) is 6.54 Å². The molecule has 7 heteroatoms. The molecule has 6 nitrogen and oxygen atoms in total. The van der Waals surface area contributed by atoms with E-state index in [-0.39, 0.29) is 11.9 Å². The van der Waals surface area contributed by atoms with E-state index in [1.807, 2.05) is 19.1 Å². The van der Waals surface area contributed by atoms with Crippen LogP contribution in [0, 0.1) is 0 Å². The third-order valence-corrected chi connectivity index (χ3v) is 4.03. The molecular weight excluding hydrogens is 302 g/mol. The highest BCUT2D eigenvalue weighted by molar-refractivity contribution is 6.33. The summed E-state index contributed by atoms with van der Waals surface area (Å²) in [6.07, 6.45) is 6.11. The Hall–Kier alpha value is -2.08. The number of halogens is 1. The average molecular weight is 320 g/mol. The minimum absolute atomic E-state index is 0.104. The molecule has 1 atom stereocenters. The number of likely N-dealkylation sites (tertiary alicyclic amines) is 1. The number of anilines is 1. The maximum atomic E-state index is 12.5. The standard InChI is InChI=1S/C15H18ClN5O/c1-2-21-10-13(16)14(19-21)15(22)20-7-5-12(9-20)18-11-4-3-6-17-8-11/h3-4,6,8,10,12,18H,2,5,7,9H2,1H3. The smallest absolute Gasteiger partial charge is 0.275 e. The highest BCUT2D eigenvalue weighted by Crippen LogP contribution is 2.20. The summed E-state index contributed by atoms with van der Waals surface area (Å²) in [5.74, 6) is -0.104. The van der Waals surface area contributed by atoms with Crippen molar-refractivity contribution in [3.63, 3.8) is 0 Å². The van der Waals surface area contributed by atoms with Crippen molar-refractivity contribution in [2.45, 2.75) is 25.9 Å². The first kappa shape index (κ1) is 14.8. The number of nitrogens with one attached hydrogen (secondary N) is 1. The van der Waals surface area contributed by atoms with E-state index in [2.05, 4.69) is 15.4 Å². The van der Waals surface area contributed by atoms with Gasteiger partial charge < -0.3 is 10.2 Å². The molecule has 1 saturated heterocycles. The molecule has 0 saturated carbocycles. The zero-order chi connectivity index (χ0) is 15.5. The Labute approximate surface area is 134 Å². The second kappa shape index (κ2) is 6.36. The molecule has 1 aliphatic heterocycles. The van der Waals surface area contributed by atoms with Crippen LogP contribution in [0.25, 0.3) is 0 Å². The van der Waals surface area contributed by atoms with Crippen molar-refractivity contribution in [1.82, 2.24) is 19.7 Å². The van der Waals surface area contributed by atoms with Crippen molar-refractivity contribution in [2.75, 3.05) is 18.4 Å². The van der Waals surface area contributed by atoms with Crippen molar-refractivity contribution < 1.29 is 4.79 Å². The van der Waals surface area contributed by atoms with Gasteiger partial charge >= 0.3 is 0 Å². The monoisotopic (exact) mass is 319 g/mol. The number of nitrogens with zero attached hydrogens (tertiary/aromatic N) is 4. The van der Waals surface area contributed by atoms with Gasteiger partial charge in [0.05, 0.1) is 10.7 Å². The van der Waals surface area contributed by atoms with E-state index in [0.717, 1.165) is 12.1 Å². The summed E-state index contributed by atoms with van der Waals surface area (Å²) in [4.78, 5) is 18.4. The average Bonchev–Trinajstić information content (AvgIpc) is 3.14. The first-order chi connectivity index (χ1) is 10.7. The third kappa shape index (κ3) is 3.06. The number of aryl methyl sites for hydroxylation is 1. The molecule has 3 rings (SSSR count). The number of pyridine rings is 1. The zero-order valence-electron chi connectivity index (χ0n) is 12.4. The van der Waals surface area contributed by atoms with E-state index >= 15 is 0 Å². The summed E-state index contributed by atoms with van der Waals surface area (Å²) in [6.45, 7) is 3.99. The quantitative estimate of drug-likeness (QED) is 0.939. The van der Waals surface area contributed by atoms with Crippen molar-refractivity contribution in [2.24, 2.45) is 0 Å². The van der Waals surface area contributed by atoms with Crippen LogP contribution in [-0.4, -0.2) is 44.7 Å². The second-order valence-corrected chi connectivity index (χ2v) is 5.71. The van der Waals surface area contributed by atoms with E-state index in [4.69, 9.17) is 11.6 Å². The minimum atomic E-state index is -0.104. The summed E-state index contributed by atoms with van der Waals surface area (Å²) in [5.41, 5.74) is 1.31. The predicted octanol–water partition coefficient (Wildman–Crippen LogP) is 2.28. The molecule has 0 radical (unpaired) electrons. The molecule has 1 amide bonds. The minimum Gasteiger partial charge on any atom is -0.379 e. The number of aromatic nitrogens is 3. The number of amides is 1. The fourth-order valence-corrected chi connectivity index (χ4v) is 2.83. The van der Waals surface area contributed by atoms with Gasteiger partial charge in [-0.15, -0.1) is 0 Å². The first-order valence-corrected chi connectivity index (χ1v) is 7.74. The van der Waals surface area contributed by atoms with Gasteiger partial charge in [-0.2, -0.15) is 5.10 Å². The summed E-state index contributed by atoms with van der Waals surface area (Å²) >= 11 is 6.11. The number of hydrogen-bond acceptors (Lipinski definition) is 4. The van der Waals surface area contributed by atoms with Crippen LogP contribution in [0.1, 0.15) is 23.8 Å². The number of carbonyl (C=O) groups excluding carboxylic acids is 1. The van der Waals surface area contributed by atoms with Gasteiger partial charge in [0, 0.05) is 44.3 Å². The van der Waals surface area contributed by atoms with Crippen molar-refractivity contribution in [3.05, 3.63) is 41.4 Å². The topological polar surface area (TPSA) is 63.1 Å². The Bertz CT molecular complexity index is 657. The van der Waals surface area contributed by atoms with Crippen LogP contribution in [0.2, 0.25) is 5.02 Å². The molecule has 0 aromatic carbocycles.